The quantitative estimate of drug-likeness (QED) is 0.460. The van der Waals surface area contributed by atoms with E-state index in [1.165, 1.54) is 19.4 Å². The molecule has 0 aliphatic carbocycles. The Morgan fingerprint density at radius 2 is 2.12 bits per heavy atom. The molecule has 2 aromatic rings. The normalized spacial score (nSPS) is 10.6. The second-order valence-corrected chi connectivity index (χ2v) is 3.28. The van der Waals surface area contributed by atoms with Crippen molar-refractivity contribution in [2.24, 2.45) is 0 Å². The lowest BCUT2D eigenvalue weighted by molar-refractivity contribution is -0.134. The van der Waals surface area contributed by atoms with Crippen molar-refractivity contribution in [1.29, 1.82) is 0 Å². The molecule has 0 bridgehead atoms. The summed E-state index contributed by atoms with van der Waals surface area (Å²) in [5, 5.41) is 0.983. The van der Waals surface area contributed by atoms with Crippen LogP contribution in [0.2, 0.25) is 0 Å². The fourth-order valence-corrected chi connectivity index (χ4v) is 1.40. The van der Waals surface area contributed by atoms with E-state index in [1.54, 1.807) is 12.3 Å². The first-order valence-corrected chi connectivity index (χ1v) is 5.06. The average molecular weight is 229 g/mol. The molecule has 86 valence electrons. The number of aromatic nitrogens is 1. The van der Waals surface area contributed by atoms with Gasteiger partial charge in [-0.15, -0.1) is 0 Å². The minimum Gasteiger partial charge on any atom is -0.466 e. The third kappa shape index (κ3) is 2.60. The minimum atomic E-state index is -0.460. The number of para-hydroxylation sites is 1. The van der Waals surface area contributed by atoms with E-state index in [9.17, 15) is 4.79 Å². The Balaban J connectivity index is 2.24. The van der Waals surface area contributed by atoms with Crippen LogP contribution in [0.3, 0.4) is 0 Å². The highest BCUT2D eigenvalue weighted by atomic mass is 16.5. The van der Waals surface area contributed by atoms with Gasteiger partial charge in [-0.05, 0) is 12.1 Å². The molecule has 0 saturated heterocycles. The van der Waals surface area contributed by atoms with E-state index in [4.69, 9.17) is 4.74 Å². The summed E-state index contributed by atoms with van der Waals surface area (Å²) in [5.41, 5.74) is 0.754. The first-order valence-electron chi connectivity index (χ1n) is 5.06. The van der Waals surface area contributed by atoms with E-state index in [0.29, 0.717) is 5.75 Å². The molecule has 4 heteroatoms. The summed E-state index contributed by atoms with van der Waals surface area (Å²) in [7, 11) is 1.31. The van der Waals surface area contributed by atoms with Crippen LogP contribution in [0.15, 0.2) is 48.9 Å². The van der Waals surface area contributed by atoms with Crippen LogP contribution in [-0.4, -0.2) is 18.1 Å². The molecule has 0 atom stereocenters. The van der Waals surface area contributed by atoms with Gasteiger partial charge in [0.2, 0.25) is 0 Å². The predicted molar refractivity (Wildman–Crippen MR) is 63.5 cm³/mol. The Hall–Kier alpha value is -2.36. The highest BCUT2D eigenvalue weighted by molar-refractivity contribution is 5.84. The standard InChI is InChI=1S/C13H11NO3/c1-16-12(15)7-9-17-11-6-2-4-10-5-3-8-14-13(10)11/h2-9H,1H3/b9-7+. The van der Waals surface area contributed by atoms with Gasteiger partial charge in [0.1, 0.15) is 5.52 Å². The largest absolute Gasteiger partial charge is 0.466 e. The first kappa shape index (κ1) is 11.1. The summed E-state index contributed by atoms with van der Waals surface area (Å²) in [6.07, 6.45) is 4.19. The summed E-state index contributed by atoms with van der Waals surface area (Å²) in [6.45, 7) is 0. The fourth-order valence-electron chi connectivity index (χ4n) is 1.40. The first-order chi connectivity index (χ1) is 8.31. The van der Waals surface area contributed by atoms with E-state index in [0.717, 1.165) is 10.9 Å². The van der Waals surface area contributed by atoms with E-state index in [-0.39, 0.29) is 0 Å². The van der Waals surface area contributed by atoms with Crippen LogP contribution in [0, 0.1) is 0 Å². The highest BCUT2D eigenvalue weighted by Gasteiger charge is 2.01. The monoisotopic (exact) mass is 229 g/mol. The van der Waals surface area contributed by atoms with Crippen molar-refractivity contribution in [3.8, 4) is 5.75 Å². The van der Waals surface area contributed by atoms with Gasteiger partial charge >= 0.3 is 5.97 Å². The topological polar surface area (TPSA) is 48.4 Å². The van der Waals surface area contributed by atoms with Crippen molar-refractivity contribution >= 4 is 16.9 Å². The third-order valence-corrected chi connectivity index (χ3v) is 2.20. The zero-order valence-electron chi connectivity index (χ0n) is 9.29. The predicted octanol–water partition coefficient (Wildman–Crippen LogP) is 2.30. The average Bonchev–Trinajstić information content (AvgIpc) is 2.39. The zero-order valence-corrected chi connectivity index (χ0v) is 9.29. The van der Waals surface area contributed by atoms with Crippen LogP contribution in [0.1, 0.15) is 0 Å². The Labute approximate surface area is 98.5 Å². The van der Waals surface area contributed by atoms with E-state index >= 15 is 0 Å². The Bertz CT molecular complexity index is 558. The van der Waals surface area contributed by atoms with Gasteiger partial charge in [0.15, 0.2) is 5.75 Å². The zero-order chi connectivity index (χ0) is 12.1. The SMILES string of the molecule is COC(=O)/C=C/Oc1cccc2cccnc12. The number of esters is 1. The van der Waals surface area contributed by atoms with Crippen LogP contribution >= 0.6 is 0 Å². The van der Waals surface area contributed by atoms with Gasteiger partial charge in [-0.1, -0.05) is 18.2 Å². The second kappa shape index (κ2) is 5.12. The summed E-state index contributed by atoms with van der Waals surface area (Å²) >= 11 is 0. The molecular weight excluding hydrogens is 218 g/mol. The number of methoxy groups -OCH3 is 1. The van der Waals surface area contributed by atoms with Crippen molar-refractivity contribution in [1.82, 2.24) is 4.98 Å². The van der Waals surface area contributed by atoms with Crippen LogP contribution < -0.4 is 4.74 Å². The lowest BCUT2D eigenvalue weighted by Gasteiger charge is -2.03. The summed E-state index contributed by atoms with van der Waals surface area (Å²) in [5.74, 6) is 0.140. The van der Waals surface area contributed by atoms with Crippen molar-refractivity contribution in [2.75, 3.05) is 7.11 Å². The molecule has 1 aromatic heterocycles. The number of rotatable bonds is 3. The summed E-state index contributed by atoms with van der Waals surface area (Å²) in [4.78, 5) is 15.1. The molecule has 1 heterocycles. The molecule has 0 unspecified atom stereocenters. The van der Waals surface area contributed by atoms with Gasteiger partial charge in [0, 0.05) is 11.6 Å². The number of carbonyl (C=O) groups is 1. The molecule has 0 aliphatic heterocycles. The molecule has 0 fully saturated rings. The second-order valence-electron chi connectivity index (χ2n) is 3.28. The number of carbonyl (C=O) groups excluding carboxylic acids is 1. The lowest BCUT2D eigenvalue weighted by Crippen LogP contribution is -1.95. The van der Waals surface area contributed by atoms with Gasteiger partial charge in [-0.25, -0.2) is 4.79 Å². The molecule has 2 rings (SSSR count). The summed E-state index contributed by atoms with van der Waals surface area (Å²) < 4.78 is 9.80. The van der Waals surface area contributed by atoms with Gasteiger partial charge in [-0.3, -0.25) is 4.98 Å². The van der Waals surface area contributed by atoms with E-state index < -0.39 is 5.97 Å². The van der Waals surface area contributed by atoms with Gasteiger partial charge in [-0.2, -0.15) is 0 Å². The molecule has 17 heavy (non-hydrogen) atoms. The fraction of sp³-hybridized carbons (Fsp3) is 0.0769. The molecular formula is C13H11NO3. The maximum atomic E-state index is 10.9. The smallest absolute Gasteiger partial charge is 0.333 e. The highest BCUT2D eigenvalue weighted by Crippen LogP contribution is 2.22. The van der Waals surface area contributed by atoms with Gasteiger partial charge in [0.25, 0.3) is 0 Å². The van der Waals surface area contributed by atoms with Crippen LogP contribution in [0.25, 0.3) is 10.9 Å². The molecule has 0 N–H and O–H groups in total. The maximum absolute atomic E-state index is 10.9. The van der Waals surface area contributed by atoms with Gasteiger partial charge < -0.3 is 9.47 Å². The number of hydrogen-bond donors (Lipinski definition) is 0. The van der Waals surface area contributed by atoms with Crippen LogP contribution in [0.5, 0.6) is 5.75 Å². The number of pyridine rings is 1. The number of benzene rings is 1. The molecule has 0 amide bonds. The molecule has 1 aromatic carbocycles. The maximum Gasteiger partial charge on any atom is 0.333 e. The van der Waals surface area contributed by atoms with E-state index in [1.807, 2.05) is 24.3 Å². The molecule has 0 saturated carbocycles. The third-order valence-electron chi connectivity index (χ3n) is 2.20. The summed E-state index contributed by atoms with van der Waals surface area (Å²) in [6, 6.07) is 9.40. The molecule has 0 radical (unpaired) electrons. The van der Waals surface area contributed by atoms with Crippen LogP contribution in [-0.2, 0) is 9.53 Å². The van der Waals surface area contributed by atoms with Crippen LogP contribution in [0.4, 0.5) is 0 Å². The minimum absolute atomic E-state index is 0.460. The molecule has 4 nitrogen and oxygen atoms in total. The molecule has 0 aliphatic rings. The van der Waals surface area contributed by atoms with Crippen molar-refractivity contribution in [3.05, 3.63) is 48.9 Å². The Morgan fingerprint density at radius 1 is 1.29 bits per heavy atom. The van der Waals surface area contributed by atoms with Gasteiger partial charge in [0.05, 0.1) is 19.4 Å². The number of ether oxygens (including phenoxy) is 2. The number of fused-ring (bicyclic) bond motifs is 1. The van der Waals surface area contributed by atoms with Crippen molar-refractivity contribution in [2.45, 2.75) is 0 Å². The Kier molecular flexibility index (Phi) is 3.35. The lowest BCUT2D eigenvalue weighted by atomic mass is 10.2. The van der Waals surface area contributed by atoms with Crippen molar-refractivity contribution < 1.29 is 14.3 Å². The molecule has 0 spiro atoms. The number of nitrogens with zero attached hydrogens (tertiary/aromatic N) is 1. The van der Waals surface area contributed by atoms with E-state index in [2.05, 4.69) is 9.72 Å². The number of hydrogen-bond acceptors (Lipinski definition) is 4. The van der Waals surface area contributed by atoms with Crippen molar-refractivity contribution in [3.63, 3.8) is 0 Å². The Morgan fingerprint density at radius 3 is 2.94 bits per heavy atom.